The molecule has 1 aliphatic rings. The number of carbonyl (C=O) groups excluding carboxylic acids is 2. The molecule has 0 fully saturated rings. The van der Waals surface area contributed by atoms with Crippen LogP contribution in [0.1, 0.15) is 27.2 Å². The van der Waals surface area contributed by atoms with Gasteiger partial charge in [0.25, 0.3) is 5.91 Å². The lowest BCUT2D eigenvalue weighted by Gasteiger charge is -2.23. The van der Waals surface area contributed by atoms with Gasteiger partial charge in [-0.05, 0) is 55.9 Å². The molecule has 0 bridgehead atoms. The zero-order valence-corrected chi connectivity index (χ0v) is 18.9. The van der Waals surface area contributed by atoms with E-state index in [1.54, 1.807) is 28.9 Å². The molecule has 0 saturated carbocycles. The minimum Gasteiger partial charge on any atom is -0.365 e. The Morgan fingerprint density at radius 3 is 2.67 bits per heavy atom. The molecule has 8 nitrogen and oxygen atoms in total. The van der Waals surface area contributed by atoms with Crippen molar-refractivity contribution >= 4 is 29.6 Å². The third kappa shape index (κ3) is 5.37. The van der Waals surface area contributed by atoms with Crippen molar-refractivity contribution in [1.29, 1.82) is 5.26 Å². The van der Waals surface area contributed by atoms with Gasteiger partial charge in [0.15, 0.2) is 0 Å². The largest absolute Gasteiger partial charge is 0.365 e. The maximum atomic E-state index is 13.3. The molecular formula is C23H22ClFN6O2. The van der Waals surface area contributed by atoms with E-state index in [1.165, 1.54) is 12.1 Å². The number of anilines is 1. The van der Waals surface area contributed by atoms with E-state index in [4.69, 9.17) is 22.6 Å². The number of nitriles is 1. The summed E-state index contributed by atoms with van der Waals surface area (Å²) < 4.78 is 15.1. The summed E-state index contributed by atoms with van der Waals surface area (Å²) in [5, 5.41) is 15.6. The van der Waals surface area contributed by atoms with E-state index in [0.717, 1.165) is 17.8 Å². The fourth-order valence-corrected chi connectivity index (χ4v) is 3.67. The smallest absolute Gasteiger partial charge is 0.252 e. The van der Waals surface area contributed by atoms with Crippen molar-refractivity contribution in [1.82, 2.24) is 14.7 Å². The molecular weight excluding hydrogens is 447 g/mol. The number of primary amides is 1. The lowest BCUT2D eigenvalue weighted by molar-refractivity contribution is -0.105. The molecule has 0 aliphatic carbocycles. The van der Waals surface area contributed by atoms with E-state index in [-0.39, 0.29) is 5.02 Å². The van der Waals surface area contributed by atoms with Gasteiger partial charge in [0.1, 0.15) is 11.5 Å². The minimum absolute atomic E-state index is 0.00832. The highest BCUT2D eigenvalue weighted by atomic mass is 35.5. The predicted octanol–water partition coefficient (Wildman–Crippen LogP) is 3.32. The van der Waals surface area contributed by atoms with Crippen molar-refractivity contribution in [3.63, 3.8) is 0 Å². The van der Waals surface area contributed by atoms with E-state index >= 15 is 0 Å². The predicted molar refractivity (Wildman–Crippen MR) is 123 cm³/mol. The molecule has 170 valence electrons. The molecule has 0 radical (unpaired) electrons. The summed E-state index contributed by atoms with van der Waals surface area (Å²) in [5.41, 5.74) is 9.92. The second-order valence-corrected chi connectivity index (χ2v) is 7.94. The number of hydrogen-bond acceptors (Lipinski definition) is 5. The number of amides is 2. The standard InChI is InChI=1S/C14H14ClFN4O.C9H8N2O/c1-19-4-5-20-11(7-19)12(14(17)21)13(18-20)8-2-3-10(16)9(15)6-8;1-7-4-9(11-6-12)3-2-8(7)5-10/h2-3,6H,4-5,7H2,1H3,(H2,17,21);2-4,6H,1H3,(H,11,12). The average Bonchev–Trinajstić information content (AvgIpc) is 3.15. The SMILES string of the molecule is CN1CCn2nc(-c3ccc(F)c(Cl)c3)c(C(N)=O)c2C1.Cc1cc(NC=O)ccc1C#N. The highest BCUT2D eigenvalue weighted by molar-refractivity contribution is 6.31. The molecule has 1 aliphatic heterocycles. The zero-order valence-electron chi connectivity index (χ0n) is 18.1. The number of nitrogens with zero attached hydrogens (tertiary/aromatic N) is 4. The van der Waals surface area contributed by atoms with E-state index in [0.29, 0.717) is 47.6 Å². The van der Waals surface area contributed by atoms with E-state index in [9.17, 15) is 14.0 Å². The van der Waals surface area contributed by atoms with E-state index in [2.05, 4.69) is 15.3 Å². The van der Waals surface area contributed by atoms with Crippen LogP contribution in [-0.4, -0.2) is 40.6 Å². The Balaban J connectivity index is 0.000000218. The number of hydrogen-bond donors (Lipinski definition) is 2. The van der Waals surface area contributed by atoms with Crippen molar-refractivity contribution in [2.24, 2.45) is 5.73 Å². The summed E-state index contributed by atoms with van der Waals surface area (Å²) >= 11 is 5.81. The lowest BCUT2D eigenvalue weighted by Crippen LogP contribution is -2.32. The number of rotatable bonds is 4. The molecule has 4 rings (SSSR count). The summed E-state index contributed by atoms with van der Waals surface area (Å²) in [6.07, 6.45) is 0.612. The lowest BCUT2D eigenvalue weighted by atomic mass is 10.0. The first kappa shape index (κ1) is 23.9. The Hall–Kier alpha value is -3.74. The number of likely N-dealkylation sites (N-methyl/N-ethyl adjacent to an activating group) is 1. The van der Waals surface area contributed by atoms with Gasteiger partial charge in [-0.2, -0.15) is 10.4 Å². The minimum atomic E-state index is -0.540. The zero-order chi connectivity index (χ0) is 24.1. The third-order valence-electron chi connectivity index (χ3n) is 5.18. The second kappa shape index (κ2) is 10.3. The Bertz CT molecular complexity index is 1250. The molecule has 0 spiro atoms. The molecule has 0 atom stereocenters. The number of aromatic nitrogens is 2. The molecule has 3 N–H and O–H groups in total. The molecule has 2 amide bonds. The number of carbonyl (C=O) groups is 2. The Morgan fingerprint density at radius 2 is 2.06 bits per heavy atom. The topological polar surface area (TPSA) is 117 Å². The third-order valence-corrected chi connectivity index (χ3v) is 5.47. The van der Waals surface area contributed by atoms with Crippen LogP contribution in [0.3, 0.4) is 0 Å². The van der Waals surface area contributed by atoms with Crippen molar-refractivity contribution < 1.29 is 14.0 Å². The van der Waals surface area contributed by atoms with Crippen molar-refractivity contribution in [3.05, 3.63) is 69.6 Å². The maximum Gasteiger partial charge on any atom is 0.252 e. The second-order valence-electron chi connectivity index (χ2n) is 7.53. The van der Waals surface area contributed by atoms with Gasteiger partial charge in [0.05, 0.1) is 34.5 Å². The summed E-state index contributed by atoms with van der Waals surface area (Å²) in [5.74, 6) is -1.05. The van der Waals surface area contributed by atoms with Crippen LogP contribution in [0.2, 0.25) is 5.02 Å². The van der Waals surface area contributed by atoms with Crippen LogP contribution in [0.4, 0.5) is 10.1 Å². The summed E-state index contributed by atoms with van der Waals surface area (Å²) in [6, 6.07) is 11.4. The van der Waals surface area contributed by atoms with Gasteiger partial charge in [-0.15, -0.1) is 0 Å². The van der Waals surface area contributed by atoms with Crippen molar-refractivity contribution in [2.75, 3.05) is 18.9 Å². The molecule has 0 unspecified atom stereocenters. The van der Waals surface area contributed by atoms with Gasteiger partial charge in [-0.3, -0.25) is 19.2 Å². The van der Waals surface area contributed by atoms with Gasteiger partial charge >= 0.3 is 0 Å². The fourth-order valence-electron chi connectivity index (χ4n) is 3.49. The quantitative estimate of drug-likeness (QED) is 0.569. The van der Waals surface area contributed by atoms with Crippen LogP contribution in [0, 0.1) is 24.1 Å². The highest BCUT2D eigenvalue weighted by Gasteiger charge is 2.26. The van der Waals surface area contributed by atoms with Gasteiger partial charge in [-0.1, -0.05) is 11.6 Å². The Kier molecular flexibility index (Phi) is 7.43. The fraction of sp³-hybridized carbons (Fsp3) is 0.217. The molecule has 2 heterocycles. The highest BCUT2D eigenvalue weighted by Crippen LogP contribution is 2.30. The monoisotopic (exact) mass is 468 g/mol. The van der Waals surface area contributed by atoms with Crippen LogP contribution < -0.4 is 11.1 Å². The Morgan fingerprint density at radius 1 is 1.30 bits per heavy atom. The van der Waals surface area contributed by atoms with Gasteiger partial charge in [0.2, 0.25) is 6.41 Å². The number of nitrogens with two attached hydrogens (primary N) is 1. The van der Waals surface area contributed by atoms with Crippen LogP contribution in [-0.2, 0) is 17.9 Å². The molecule has 1 aromatic heterocycles. The first-order valence-corrected chi connectivity index (χ1v) is 10.4. The Labute approximate surface area is 195 Å². The molecule has 2 aromatic carbocycles. The maximum absolute atomic E-state index is 13.3. The van der Waals surface area contributed by atoms with Gasteiger partial charge in [0, 0.05) is 24.3 Å². The average molecular weight is 469 g/mol. The van der Waals surface area contributed by atoms with Crippen LogP contribution in [0.5, 0.6) is 0 Å². The summed E-state index contributed by atoms with van der Waals surface area (Å²) in [6.45, 7) is 3.95. The summed E-state index contributed by atoms with van der Waals surface area (Å²) in [7, 11) is 1.97. The van der Waals surface area contributed by atoms with E-state index < -0.39 is 11.7 Å². The van der Waals surface area contributed by atoms with Crippen LogP contribution in [0.25, 0.3) is 11.3 Å². The number of benzene rings is 2. The number of halogens is 2. The number of aryl methyl sites for hydroxylation is 1. The molecule has 33 heavy (non-hydrogen) atoms. The number of fused-ring (bicyclic) bond motifs is 1. The van der Waals surface area contributed by atoms with E-state index in [1.807, 2.05) is 20.0 Å². The van der Waals surface area contributed by atoms with Crippen LogP contribution >= 0.6 is 11.6 Å². The van der Waals surface area contributed by atoms with Crippen molar-refractivity contribution in [2.45, 2.75) is 20.0 Å². The molecule has 0 saturated heterocycles. The number of nitrogens with one attached hydrogen (secondary N) is 1. The first-order valence-electron chi connectivity index (χ1n) is 9.99. The first-order chi connectivity index (χ1) is 15.7. The normalized spacial score (nSPS) is 12.7. The molecule has 10 heteroatoms. The van der Waals surface area contributed by atoms with Crippen LogP contribution in [0.15, 0.2) is 36.4 Å². The molecule has 3 aromatic rings. The van der Waals surface area contributed by atoms with Gasteiger partial charge < -0.3 is 11.1 Å². The van der Waals surface area contributed by atoms with Gasteiger partial charge in [-0.25, -0.2) is 4.39 Å². The summed E-state index contributed by atoms with van der Waals surface area (Å²) in [4.78, 5) is 24.0. The van der Waals surface area contributed by atoms with Crippen molar-refractivity contribution in [3.8, 4) is 17.3 Å².